The first-order valence-corrected chi connectivity index (χ1v) is 12.6. The number of halogens is 2. The molecular weight excluding hydrogens is 493 g/mol. The lowest BCUT2D eigenvalue weighted by Crippen LogP contribution is -2.58. The predicted octanol–water partition coefficient (Wildman–Crippen LogP) is -0.735. The third-order valence-electron chi connectivity index (χ3n) is 5.79. The molecule has 0 aliphatic carbocycles. The van der Waals surface area contributed by atoms with E-state index < -0.39 is 43.6 Å². The van der Waals surface area contributed by atoms with Crippen molar-refractivity contribution in [2.45, 2.75) is 30.2 Å². The van der Waals surface area contributed by atoms with Crippen molar-refractivity contribution in [1.29, 1.82) is 0 Å². The van der Waals surface area contributed by atoms with Crippen molar-refractivity contribution < 1.29 is 32.3 Å². The summed E-state index contributed by atoms with van der Waals surface area (Å²) in [6, 6.07) is -0.319. The fourth-order valence-electron chi connectivity index (χ4n) is 3.97. The molecule has 11 nitrogen and oxygen atoms in total. The number of nitrogens with one attached hydrogen (secondary N) is 1. The molecule has 2 fully saturated rings. The largest absolute Gasteiger partial charge is 0.395 e. The average Bonchev–Trinajstić information content (AvgIpc) is 2.79. The Labute approximate surface area is 201 Å². The Hall–Kier alpha value is -2.32. The normalized spacial score (nSPS) is 18.7. The Bertz CT molecular complexity index is 1060. The summed E-state index contributed by atoms with van der Waals surface area (Å²) in [6.45, 7) is 1.88. The van der Waals surface area contributed by atoms with Gasteiger partial charge in [-0.05, 0) is 25.0 Å². The molecule has 4 N–H and O–H groups in total. The molecule has 1 aromatic rings. The van der Waals surface area contributed by atoms with Gasteiger partial charge in [0.05, 0.1) is 17.3 Å². The van der Waals surface area contributed by atoms with Gasteiger partial charge in [-0.3, -0.25) is 19.3 Å². The molecule has 3 rings (SSSR count). The van der Waals surface area contributed by atoms with Gasteiger partial charge in [0.15, 0.2) is 6.04 Å². The molecule has 0 aromatic heterocycles. The summed E-state index contributed by atoms with van der Waals surface area (Å²) in [4.78, 5) is 40.9. The molecule has 0 spiro atoms. The minimum Gasteiger partial charge on any atom is -0.395 e. The topological polar surface area (TPSA) is 153 Å². The van der Waals surface area contributed by atoms with Gasteiger partial charge in [-0.15, -0.1) is 0 Å². The number of benzene rings is 1. The smallest absolute Gasteiger partial charge is 0.250 e. The molecule has 2 aliphatic rings. The van der Waals surface area contributed by atoms with Crippen molar-refractivity contribution in [3.63, 3.8) is 0 Å². The quantitative estimate of drug-likeness (QED) is 0.382. The Kier molecular flexibility index (Phi) is 8.47. The van der Waals surface area contributed by atoms with E-state index in [1.807, 2.05) is 9.62 Å². The van der Waals surface area contributed by atoms with E-state index in [1.54, 1.807) is 0 Å². The molecule has 2 aliphatic heterocycles. The van der Waals surface area contributed by atoms with E-state index in [4.69, 9.17) is 22.4 Å². The second kappa shape index (κ2) is 11.0. The molecule has 188 valence electrons. The van der Waals surface area contributed by atoms with Crippen molar-refractivity contribution in [3.8, 4) is 0 Å². The second-order valence-electron chi connectivity index (χ2n) is 8.09. The summed E-state index contributed by atoms with van der Waals surface area (Å²) in [5, 5.41) is 8.63. The third-order valence-corrected chi connectivity index (χ3v) is 7.75. The number of sulfonamides is 1. The first kappa shape index (κ1) is 26.3. The van der Waals surface area contributed by atoms with E-state index in [9.17, 15) is 27.2 Å². The third kappa shape index (κ3) is 5.84. The van der Waals surface area contributed by atoms with Gasteiger partial charge in [-0.25, -0.2) is 12.8 Å². The predicted molar refractivity (Wildman–Crippen MR) is 121 cm³/mol. The van der Waals surface area contributed by atoms with Gasteiger partial charge in [0.2, 0.25) is 21.8 Å². The van der Waals surface area contributed by atoms with Crippen LogP contribution in [0.15, 0.2) is 17.0 Å². The van der Waals surface area contributed by atoms with E-state index in [-0.39, 0.29) is 44.3 Å². The Morgan fingerprint density at radius 3 is 2.44 bits per heavy atom. The number of nitrogens with two attached hydrogens (primary N) is 1. The van der Waals surface area contributed by atoms with Crippen LogP contribution in [-0.4, -0.2) is 93.0 Å². The fraction of sp³-hybridized carbons (Fsp3) is 0.550. The number of piperazine rings is 1. The summed E-state index contributed by atoms with van der Waals surface area (Å²) < 4.78 is 42.5. The van der Waals surface area contributed by atoms with Crippen LogP contribution in [0.2, 0.25) is 5.02 Å². The summed E-state index contributed by atoms with van der Waals surface area (Å²) >= 11 is 6.28. The Balaban J connectivity index is 1.85. The highest BCUT2D eigenvalue weighted by Crippen LogP contribution is 2.35. The number of nitrogens with zero attached hydrogens (tertiary/aromatic N) is 3. The van der Waals surface area contributed by atoms with Crippen LogP contribution in [0.5, 0.6) is 0 Å². The minimum absolute atomic E-state index is 0.0446. The summed E-state index contributed by atoms with van der Waals surface area (Å²) in [5.74, 6) is -3.36. The first-order chi connectivity index (χ1) is 16.0. The standard InChI is InChI=1S/C20H27ClFN5O6S/c21-17-14(27-4-2-1-3-16(27)29)11-13(22)12-15(17)34(32,33)24-18(19(23)30)20(31)26-7-5-25(6-8-26)9-10-28/h11-12,18,24,28H,1-10H2,(H2,23,30)/t18-/m0/s1. The summed E-state index contributed by atoms with van der Waals surface area (Å²) in [5.41, 5.74) is 5.22. The monoisotopic (exact) mass is 519 g/mol. The van der Waals surface area contributed by atoms with Crippen LogP contribution >= 0.6 is 11.6 Å². The lowest BCUT2D eigenvalue weighted by Gasteiger charge is -2.35. The van der Waals surface area contributed by atoms with Gasteiger partial charge < -0.3 is 20.6 Å². The van der Waals surface area contributed by atoms with Crippen LogP contribution in [0.1, 0.15) is 19.3 Å². The molecule has 2 heterocycles. The van der Waals surface area contributed by atoms with Crippen LogP contribution in [-0.2, 0) is 24.4 Å². The lowest BCUT2D eigenvalue weighted by atomic mass is 10.1. The molecular formula is C20H27ClFN5O6S. The van der Waals surface area contributed by atoms with Gasteiger partial charge >= 0.3 is 0 Å². The van der Waals surface area contributed by atoms with Crippen LogP contribution < -0.4 is 15.4 Å². The van der Waals surface area contributed by atoms with Gasteiger partial charge in [-0.1, -0.05) is 11.6 Å². The number of anilines is 1. The number of hydrogen-bond donors (Lipinski definition) is 3. The maximum absolute atomic E-state index is 14.4. The van der Waals surface area contributed by atoms with Gasteiger partial charge in [0.1, 0.15) is 10.7 Å². The molecule has 1 aromatic carbocycles. The zero-order valence-corrected chi connectivity index (χ0v) is 19.9. The molecule has 1 atom stereocenters. The molecule has 34 heavy (non-hydrogen) atoms. The number of β-amino-alcohol motifs (C(OH)–C–C–N with tert-alkyl or cyclic N) is 1. The highest BCUT2D eigenvalue weighted by atomic mass is 35.5. The summed E-state index contributed by atoms with van der Waals surface area (Å²) in [7, 11) is -4.69. The van der Waals surface area contributed by atoms with E-state index in [0.717, 1.165) is 6.07 Å². The van der Waals surface area contributed by atoms with E-state index >= 15 is 0 Å². The number of amides is 3. The van der Waals surface area contributed by atoms with Crippen molar-refractivity contribution in [3.05, 3.63) is 23.0 Å². The van der Waals surface area contributed by atoms with E-state index in [0.29, 0.717) is 38.5 Å². The maximum Gasteiger partial charge on any atom is 0.250 e. The number of piperidine rings is 1. The molecule has 0 bridgehead atoms. The number of aliphatic hydroxyl groups excluding tert-OH is 1. The number of carbonyl (C=O) groups is 3. The van der Waals surface area contributed by atoms with E-state index in [1.165, 1.54) is 9.80 Å². The van der Waals surface area contributed by atoms with Crippen molar-refractivity contribution in [2.24, 2.45) is 5.73 Å². The maximum atomic E-state index is 14.4. The van der Waals surface area contributed by atoms with Crippen LogP contribution in [0, 0.1) is 5.82 Å². The van der Waals surface area contributed by atoms with Crippen molar-refractivity contribution in [1.82, 2.24) is 14.5 Å². The minimum atomic E-state index is -4.69. The van der Waals surface area contributed by atoms with Gasteiger partial charge in [0.25, 0.3) is 5.91 Å². The SMILES string of the molecule is NC(=O)[C@H](NS(=O)(=O)c1cc(F)cc(N2CCCCC2=O)c1Cl)C(=O)N1CCN(CCO)CC1. The van der Waals surface area contributed by atoms with Crippen molar-refractivity contribution in [2.75, 3.05) is 50.8 Å². The second-order valence-corrected chi connectivity index (χ2v) is 10.1. The molecule has 14 heteroatoms. The fourth-order valence-corrected chi connectivity index (χ4v) is 5.75. The highest BCUT2D eigenvalue weighted by molar-refractivity contribution is 7.89. The molecule has 0 saturated carbocycles. The zero-order chi connectivity index (χ0) is 25.0. The average molecular weight is 520 g/mol. The highest BCUT2D eigenvalue weighted by Gasteiger charge is 2.36. The molecule has 0 radical (unpaired) electrons. The number of carbonyl (C=O) groups excluding carboxylic acids is 3. The number of rotatable bonds is 8. The van der Waals surface area contributed by atoms with Crippen LogP contribution in [0.3, 0.4) is 0 Å². The van der Waals surface area contributed by atoms with E-state index in [2.05, 4.69) is 0 Å². The number of hydrogen-bond acceptors (Lipinski definition) is 7. The van der Waals surface area contributed by atoms with Crippen LogP contribution in [0.4, 0.5) is 10.1 Å². The molecule has 3 amide bonds. The number of aliphatic hydroxyl groups is 1. The van der Waals surface area contributed by atoms with Crippen molar-refractivity contribution >= 4 is 45.0 Å². The molecule has 0 unspecified atom stereocenters. The first-order valence-electron chi connectivity index (χ1n) is 10.8. The Morgan fingerprint density at radius 2 is 1.85 bits per heavy atom. The summed E-state index contributed by atoms with van der Waals surface area (Å²) in [6.07, 6.45) is 1.52. The van der Waals surface area contributed by atoms with Gasteiger partial charge in [-0.2, -0.15) is 4.72 Å². The van der Waals surface area contributed by atoms with Crippen LogP contribution in [0.25, 0.3) is 0 Å². The lowest BCUT2D eigenvalue weighted by molar-refractivity contribution is -0.139. The number of primary amides is 1. The van der Waals surface area contributed by atoms with Gasteiger partial charge in [0, 0.05) is 45.7 Å². The zero-order valence-electron chi connectivity index (χ0n) is 18.4. The Morgan fingerprint density at radius 1 is 1.18 bits per heavy atom. The molecule has 2 saturated heterocycles.